The number of ether oxygens (including phenoxy) is 2. The number of rotatable bonds is 11. The molecule has 0 spiro atoms. The molecule has 0 saturated heterocycles. The zero-order valence-electron chi connectivity index (χ0n) is 14.9. The number of hydrogen-bond acceptors (Lipinski definition) is 7. The highest BCUT2D eigenvalue weighted by Crippen LogP contribution is 2.27. The van der Waals surface area contributed by atoms with Crippen LogP contribution in [0.2, 0.25) is 0 Å². The number of pyridine rings is 1. The van der Waals surface area contributed by atoms with Gasteiger partial charge in [-0.25, -0.2) is 15.5 Å². The van der Waals surface area contributed by atoms with Gasteiger partial charge in [0.2, 0.25) is 12.3 Å². The van der Waals surface area contributed by atoms with Crippen molar-refractivity contribution in [3.05, 3.63) is 17.8 Å². The van der Waals surface area contributed by atoms with E-state index < -0.39 is 5.92 Å². The predicted molar refractivity (Wildman–Crippen MR) is 92.4 cm³/mol. The molecule has 2 amide bonds. The quantitative estimate of drug-likeness (QED) is 0.232. The Bertz CT molecular complexity index is 599. The van der Waals surface area contributed by atoms with Gasteiger partial charge in [-0.15, -0.1) is 0 Å². The summed E-state index contributed by atoms with van der Waals surface area (Å²) >= 11 is 0. The number of unbranched alkanes of at least 4 members (excludes halogenated alkanes) is 2. The first kappa shape index (κ1) is 19.9. The smallest absolute Gasteiger partial charge is 0.257 e. The second-order valence-corrected chi connectivity index (χ2v) is 6.11. The molecule has 144 valence electrons. The fourth-order valence-electron chi connectivity index (χ4n) is 2.62. The Kier molecular flexibility index (Phi) is 8.10. The lowest BCUT2D eigenvalue weighted by Gasteiger charge is -2.20. The van der Waals surface area contributed by atoms with E-state index in [1.807, 2.05) is 0 Å². The van der Waals surface area contributed by atoms with Crippen LogP contribution in [0.25, 0.3) is 0 Å². The zero-order valence-corrected chi connectivity index (χ0v) is 14.9. The van der Waals surface area contributed by atoms with Gasteiger partial charge >= 0.3 is 0 Å². The maximum atomic E-state index is 12.3. The van der Waals surface area contributed by atoms with E-state index in [1.165, 1.54) is 0 Å². The van der Waals surface area contributed by atoms with Crippen molar-refractivity contribution in [1.29, 1.82) is 0 Å². The van der Waals surface area contributed by atoms with Crippen LogP contribution in [-0.2, 0) is 16.1 Å². The number of hydrazine groups is 1. The summed E-state index contributed by atoms with van der Waals surface area (Å²) in [6, 6.07) is 1.81. The van der Waals surface area contributed by atoms with Gasteiger partial charge in [-0.3, -0.25) is 20.2 Å². The van der Waals surface area contributed by atoms with Crippen LogP contribution in [0.5, 0.6) is 11.6 Å². The predicted octanol–water partition coefficient (Wildman–Crippen LogP) is 1.02. The van der Waals surface area contributed by atoms with E-state index in [9.17, 15) is 14.8 Å². The molecule has 0 aromatic carbocycles. The van der Waals surface area contributed by atoms with Gasteiger partial charge in [-0.2, -0.15) is 0 Å². The minimum absolute atomic E-state index is 0.0354. The number of aromatic nitrogens is 1. The molecule has 3 N–H and O–H groups in total. The van der Waals surface area contributed by atoms with Gasteiger partial charge in [0, 0.05) is 12.7 Å². The summed E-state index contributed by atoms with van der Waals surface area (Å²) in [5.74, 6) is 0.299. The molecule has 1 aromatic heterocycles. The van der Waals surface area contributed by atoms with Crippen molar-refractivity contribution in [3.8, 4) is 11.6 Å². The topological polar surface area (TPSA) is 113 Å². The molecule has 2 heterocycles. The number of nitrogens with one attached hydrogen (secondary N) is 2. The molecule has 1 atom stereocenters. The summed E-state index contributed by atoms with van der Waals surface area (Å²) in [5.41, 5.74) is 6.30. The second-order valence-electron chi connectivity index (χ2n) is 6.11. The Balaban J connectivity index is 1.83. The van der Waals surface area contributed by atoms with E-state index in [1.54, 1.807) is 12.3 Å². The van der Waals surface area contributed by atoms with Gasteiger partial charge in [-0.1, -0.05) is 26.2 Å². The third-order valence-electron chi connectivity index (χ3n) is 4.01. The van der Waals surface area contributed by atoms with Crippen molar-refractivity contribution in [2.45, 2.75) is 39.2 Å². The summed E-state index contributed by atoms with van der Waals surface area (Å²) < 4.78 is 10.8. The van der Waals surface area contributed by atoms with Crippen LogP contribution in [-0.4, -0.2) is 47.3 Å². The summed E-state index contributed by atoms with van der Waals surface area (Å²) in [4.78, 5) is 27.1. The molecule has 0 fully saturated rings. The van der Waals surface area contributed by atoms with Crippen LogP contribution >= 0.6 is 0 Å². The van der Waals surface area contributed by atoms with Gasteiger partial charge in [-0.05, 0) is 18.1 Å². The average molecular weight is 366 g/mol. The van der Waals surface area contributed by atoms with Gasteiger partial charge in [0.15, 0.2) is 5.75 Å². The third kappa shape index (κ3) is 6.16. The van der Waals surface area contributed by atoms with E-state index in [4.69, 9.17) is 9.47 Å². The maximum Gasteiger partial charge on any atom is 0.257 e. The summed E-state index contributed by atoms with van der Waals surface area (Å²) in [5, 5.41) is 9.88. The highest BCUT2D eigenvalue weighted by Gasteiger charge is 2.20. The SMILES string of the molecule is CCCCC[C@@H](CN(O)C=O)C(=O)NNCc1cnc2c(c1)OCCO2. The second kappa shape index (κ2) is 10.6. The van der Waals surface area contributed by atoms with E-state index in [-0.39, 0.29) is 12.5 Å². The van der Waals surface area contributed by atoms with Crippen molar-refractivity contribution in [1.82, 2.24) is 20.9 Å². The molecule has 0 radical (unpaired) electrons. The standard InChI is InChI=1S/C17H26N4O5/c1-2-3-4-5-14(11-21(24)12-22)16(23)20-19-10-13-8-15-17(18-9-13)26-7-6-25-15/h8-9,12,14,19,24H,2-7,10-11H2,1H3,(H,20,23)/t14-/m0/s1. The summed E-state index contributed by atoms with van der Waals surface area (Å²) in [6.45, 7) is 3.35. The fraction of sp³-hybridized carbons (Fsp3) is 0.588. The van der Waals surface area contributed by atoms with Crippen molar-refractivity contribution >= 4 is 12.3 Å². The number of amides is 2. The molecule has 0 bridgehead atoms. The Hall–Kier alpha value is -2.39. The number of hydrogen-bond donors (Lipinski definition) is 3. The Morgan fingerprint density at radius 2 is 2.23 bits per heavy atom. The molecule has 26 heavy (non-hydrogen) atoms. The van der Waals surface area contributed by atoms with E-state index in [0.29, 0.717) is 49.3 Å². The first-order chi connectivity index (χ1) is 12.6. The fourth-order valence-corrected chi connectivity index (χ4v) is 2.62. The molecule has 1 aliphatic rings. The van der Waals surface area contributed by atoms with Crippen molar-refractivity contribution in [2.24, 2.45) is 5.92 Å². The number of nitrogens with zero attached hydrogens (tertiary/aromatic N) is 2. The molecular weight excluding hydrogens is 340 g/mol. The Labute approximate surface area is 152 Å². The molecule has 1 aliphatic heterocycles. The summed E-state index contributed by atoms with van der Waals surface area (Å²) in [7, 11) is 0. The van der Waals surface area contributed by atoms with Gasteiger partial charge in [0.1, 0.15) is 13.2 Å². The van der Waals surface area contributed by atoms with Gasteiger partial charge < -0.3 is 9.47 Å². The zero-order chi connectivity index (χ0) is 18.8. The Morgan fingerprint density at radius 1 is 1.42 bits per heavy atom. The van der Waals surface area contributed by atoms with Crippen LogP contribution in [0.3, 0.4) is 0 Å². The van der Waals surface area contributed by atoms with Crippen LogP contribution in [0.15, 0.2) is 12.3 Å². The van der Waals surface area contributed by atoms with Crippen LogP contribution in [0.4, 0.5) is 0 Å². The highest BCUT2D eigenvalue weighted by molar-refractivity contribution is 5.78. The number of carbonyl (C=O) groups excluding carboxylic acids is 2. The molecular formula is C17H26N4O5. The average Bonchev–Trinajstić information content (AvgIpc) is 2.67. The van der Waals surface area contributed by atoms with Crippen LogP contribution < -0.4 is 20.3 Å². The van der Waals surface area contributed by atoms with Crippen molar-refractivity contribution in [3.63, 3.8) is 0 Å². The molecule has 0 saturated carbocycles. The minimum atomic E-state index is -0.484. The van der Waals surface area contributed by atoms with Crippen molar-refractivity contribution in [2.75, 3.05) is 19.8 Å². The number of carbonyl (C=O) groups is 2. The normalized spacial score (nSPS) is 13.8. The minimum Gasteiger partial charge on any atom is -0.484 e. The Morgan fingerprint density at radius 3 is 3.00 bits per heavy atom. The summed E-state index contributed by atoms with van der Waals surface area (Å²) in [6.07, 6.45) is 5.42. The largest absolute Gasteiger partial charge is 0.484 e. The highest BCUT2D eigenvalue weighted by atomic mass is 16.6. The number of hydroxylamine groups is 2. The maximum absolute atomic E-state index is 12.3. The molecule has 0 aliphatic carbocycles. The van der Waals surface area contributed by atoms with Crippen LogP contribution in [0.1, 0.15) is 38.2 Å². The van der Waals surface area contributed by atoms with Gasteiger partial charge in [0.05, 0.1) is 12.5 Å². The first-order valence-corrected chi connectivity index (χ1v) is 8.82. The van der Waals surface area contributed by atoms with E-state index in [0.717, 1.165) is 24.8 Å². The molecule has 1 aromatic rings. The monoisotopic (exact) mass is 366 g/mol. The molecule has 0 unspecified atom stereocenters. The van der Waals surface area contributed by atoms with Gasteiger partial charge in [0.25, 0.3) is 5.88 Å². The number of fused-ring (bicyclic) bond motifs is 1. The molecule has 2 rings (SSSR count). The van der Waals surface area contributed by atoms with E-state index >= 15 is 0 Å². The molecule has 9 nitrogen and oxygen atoms in total. The lowest BCUT2D eigenvalue weighted by molar-refractivity contribution is -0.154. The van der Waals surface area contributed by atoms with E-state index in [2.05, 4.69) is 22.8 Å². The third-order valence-corrected chi connectivity index (χ3v) is 4.01. The first-order valence-electron chi connectivity index (χ1n) is 8.82. The van der Waals surface area contributed by atoms with Crippen LogP contribution in [0, 0.1) is 5.92 Å². The lowest BCUT2D eigenvalue weighted by atomic mass is 10.0. The van der Waals surface area contributed by atoms with Crippen molar-refractivity contribution < 1.29 is 24.3 Å². The lowest BCUT2D eigenvalue weighted by Crippen LogP contribution is -2.44. The molecule has 9 heteroatoms.